The number of carbonyl (C=O) groups excluding carboxylic acids is 1. The second kappa shape index (κ2) is 8.75. The molecule has 26 heavy (non-hydrogen) atoms. The van der Waals surface area contributed by atoms with Gasteiger partial charge < -0.3 is 10.1 Å². The molecule has 1 heterocycles. The van der Waals surface area contributed by atoms with Gasteiger partial charge in [0.15, 0.2) is 0 Å². The average Bonchev–Trinajstić information content (AvgIpc) is 3.11. The van der Waals surface area contributed by atoms with Crippen molar-refractivity contribution in [2.75, 3.05) is 13.2 Å². The number of ether oxygens (including phenoxy) is 1. The van der Waals surface area contributed by atoms with E-state index in [1.165, 1.54) is 4.80 Å². The van der Waals surface area contributed by atoms with Gasteiger partial charge in [-0.05, 0) is 36.3 Å². The van der Waals surface area contributed by atoms with Crippen molar-refractivity contribution < 1.29 is 9.53 Å². The molecule has 1 N–H and O–H groups in total. The van der Waals surface area contributed by atoms with Gasteiger partial charge in [0.1, 0.15) is 12.3 Å². The molecule has 0 bridgehead atoms. The van der Waals surface area contributed by atoms with Crippen molar-refractivity contribution >= 4 is 5.91 Å². The maximum Gasteiger partial charge on any atom is 0.243 e. The van der Waals surface area contributed by atoms with Crippen molar-refractivity contribution in [2.45, 2.75) is 19.9 Å². The molecule has 0 atom stereocenters. The van der Waals surface area contributed by atoms with E-state index < -0.39 is 0 Å². The van der Waals surface area contributed by atoms with E-state index in [0.29, 0.717) is 19.0 Å². The predicted octanol–water partition coefficient (Wildman–Crippen LogP) is 2.23. The fraction of sp³-hybridized carbons (Fsp3) is 0.263. The fourth-order valence-electron chi connectivity index (χ4n) is 2.39. The van der Waals surface area contributed by atoms with Gasteiger partial charge in [-0.1, -0.05) is 42.5 Å². The van der Waals surface area contributed by atoms with Crippen LogP contribution in [0, 0.1) is 6.92 Å². The molecule has 0 fully saturated rings. The van der Waals surface area contributed by atoms with Crippen LogP contribution in [0.3, 0.4) is 0 Å². The summed E-state index contributed by atoms with van der Waals surface area (Å²) in [6.07, 6.45) is 0.722. The number of nitrogens with zero attached hydrogens (tertiary/aromatic N) is 4. The molecule has 0 aliphatic heterocycles. The lowest BCUT2D eigenvalue weighted by Gasteiger charge is -2.07. The van der Waals surface area contributed by atoms with Gasteiger partial charge in [0.05, 0.1) is 6.61 Å². The van der Waals surface area contributed by atoms with Gasteiger partial charge in [-0.15, -0.1) is 10.2 Å². The van der Waals surface area contributed by atoms with Crippen molar-refractivity contribution in [3.63, 3.8) is 0 Å². The Morgan fingerprint density at radius 3 is 2.81 bits per heavy atom. The van der Waals surface area contributed by atoms with Crippen molar-refractivity contribution in [3.8, 4) is 17.1 Å². The predicted molar refractivity (Wildman–Crippen MR) is 97.6 cm³/mol. The summed E-state index contributed by atoms with van der Waals surface area (Å²) in [7, 11) is 0. The lowest BCUT2D eigenvalue weighted by Crippen LogP contribution is -2.30. The smallest absolute Gasteiger partial charge is 0.243 e. The van der Waals surface area contributed by atoms with E-state index in [9.17, 15) is 4.79 Å². The molecular formula is C19H21N5O2. The molecule has 3 rings (SSSR count). The van der Waals surface area contributed by atoms with Crippen LogP contribution >= 0.6 is 0 Å². The summed E-state index contributed by atoms with van der Waals surface area (Å²) in [6, 6.07) is 17.4. The second-order valence-corrected chi connectivity index (χ2v) is 5.88. The monoisotopic (exact) mass is 351 g/mol. The van der Waals surface area contributed by atoms with Crippen LogP contribution in [0.15, 0.2) is 54.6 Å². The molecule has 0 aliphatic rings. The Morgan fingerprint density at radius 1 is 1.15 bits per heavy atom. The lowest BCUT2D eigenvalue weighted by atomic mass is 10.2. The summed E-state index contributed by atoms with van der Waals surface area (Å²) in [5, 5.41) is 14.9. The van der Waals surface area contributed by atoms with Crippen LogP contribution in [0.1, 0.15) is 12.0 Å². The number of tetrazole rings is 1. The molecule has 1 amide bonds. The second-order valence-electron chi connectivity index (χ2n) is 5.88. The molecule has 0 aliphatic carbocycles. The van der Waals surface area contributed by atoms with Gasteiger partial charge in [-0.25, -0.2) is 0 Å². The molecule has 0 unspecified atom stereocenters. The van der Waals surface area contributed by atoms with Crippen LogP contribution in [0.5, 0.6) is 5.75 Å². The zero-order valence-electron chi connectivity index (χ0n) is 14.6. The van der Waals surface area contributed by atoms with Crippen molar-refractivity contribution in [1.82, 2.24) is 25.5 Å². The van der Waals surface area contributed by atoms with Crippen LogP contribution in [-0.4, -0.2) is 39.3 Å². The van der Waals surface area contributed by atoms with Gasteiger partial charge in [0, 0.05) is 12.1 Å². The SMILES string of the molecule is Cc1cccc(OCCCNC(=O)Cn2nnc(-c3ccccc3)n2)c1. The molecule has 0 spiro atoms. The molecule has 2 aromatic carbocycles. The highest BCUT2D eigenvalue weighted by Gasteiger charge is 2.08. The molecule has 3 aromatic rings. The number of hydrogen-bond donors (Lipinski definition) is 1. The zero-order valence-corrected chi connectivity index (χ0v) is 14.6. The fourth-order valence-corrected chi connectivity index (χ4v) is 2.39. The number of rotatable bonds is 8. The zero-order chi connectivity index (χ0) is 18.2. The van der Waals surface area contributed by atoms with Gasteiger partial charge in [-0.2, -0.15) is 4.80 Å². The van der Waals surface area contributed by atoms with Crippen LogP contribution in [0.25, 0.3) is 11.4 Å². The Morgan fingerprint density at radius 2 is 2.00 bits per heavy atom. The van der Waals surface area contributed by atoms with E-state index in [2.05, 4.69) is 20.7 Å². The number of benzene rings is 2. The molecular weight excluding hydrogens is 330 g/mol. The summed E-state index contributed by atoms with van der Waals surface area (Å²) in [5.74, 6) is 1.19. The normalized spacial score (nSPS) is 10.5. The first-order valence-corrected chi connectivity index (χ1v) is 8.50. The van der Waals surface area contributed by atoms with E-state index in [4.69, 9.17) is 4.74 Å². The highest BCUT2D eigenvalue weighted by atomic mass is 16.5. The third kappa shape index (κ3) is 5.14. The first kappa shape index (κ1) is 17.6. The van der Waals surface area contributed by atoms with E-state index in [1.807, 2.05) is 61.5 Å². The summed E-state index contributed by atoms with van der Waals surface area (Å²) >= 11 is 0. The maximum atomic E-state index is 12.0. The molecule has 7 nitrogen and oxygen atoms in total. The Kier molecular flexibility index (Phi) is 5.92. The van der Waals surface area contributed by atoms with Crippen molar-refractivity contribution in [2.24, 2.45) is 0 Å². The summed E-state index contributed by atoms with van der Waals surface area (Å²) in [4.78, 5) is 13.2. The van der Waals surface area contributed by atoms with Gasteiger partial charge in [0.25, 0.3) is 0 Å². The van der Waals surface area contributed by atoms with E-state index >= 15 is 0 Å². The van der Waals surface area contributed by atoms with E-state index in [0.717, 1.165) is 23.3 Å². The molecule has 0 saturated heterocycles. The van der Waals surface area contributed by atoms with Gasteiger partial charge >= 0.3 is 0 Å². The molecule has 1 aromatic heterocycles. The van der Waals surface area contributed by atoms with Crippen molar-refractivity contribution in [1.29, 1.82) is 0 Å². The highest BCUT2D eigenvalue weighted by Crippen LogP contribution is 2.12. The number of aryl methyl sites for hydroxylation is 1. The number of hydrogen-bond acceptors (Lipinski definition) is 5. The highest BCUT2D eigenvalue weighted by molar-refractivity contribution is 5.75. The Balaban J connectivity index is 1.37. The van der Waals surface area contributed by atoms with E-state index in [-0.39, 0.29) is 12.5 Å². The number of aromatic nitrogens is 4. The molecule has 0 radical (unpaired) electrons. The lowest BCUT2D eigenvalue weighted by molar-refractivity contribution is -0.122. The third-order valence-electron chi connectivity index (χ3n) is 3.67. The summed E-state index contributed by atoms with van der Waals surface area (Å²) in [6.45, 7) is 3.14. The summed E-state index contributed by atoms with van der Waals surface area (Å²) < 4.78 is 5.65. The molecule has 0 saturated carbocycles. The van der Waals surface area contributed by atoms with Gasteiger partial charge in [0.2, 0.25) is 11.7 Å². The quantitative estimate of drug-likeness (QED) is 0.630. The minimum Gasteiger partial charge on any atom is -0.494 e. The standard InChI is InChI=1S/C19H21N5O2/c1-15-7-5-10-17(13-15)26-12-6-11-20-18(25)14-24-22-19(21-23-24)16-8-3-2-4-9-16/h2-5,7-10,13H,6,11-12,14H2,1H3,(H,20,25). The van der Waals surface area contributed by atoms with Crippen LogP contribution in [0.4, 0.5) is 0 Å². The maximum absolute atomic E-state index is 12.0. The third-order valence-corrected chi connectivity index (χ3v) is 3.67. The van der Waals surface area contributed by atoms with Crippen molar-refractivity contribution in [3.05, 3.63) is 60.2 Å². The molecule has 134 valence electrons. The van der Waals surface area contributed by atoms with Crippen LogP contribution in [-0.2, 0) is 11.3 Å². The minimum atomic E-state index is -0.155. The Labute approximate surface area is 152 Å². The largest absolute Gasteiger partial charge is 0.494 e. The number of amides is 1. The topological polar surface area (TPSA) is 81.9 Å². The van der Waals surface area contributed by atoms with E-state index in [1.54, 1.807) is 0 Å². The van der Waals surface area contributed by atoms with Crippen LogP contribution in [0.2, 0.25) is 0 Å². The van der Waals surface area contributed by atoms with Gasteiger partial charge in [-0.3, -0.25) is 4.79 Å². The Bertz CT molecular complexity index is 848. The summed E-state index contributed by atoms with van der Waals surface area (Å²) in [5.41, 5.74) is 2.03. The number of nitrogens with one attached hydrogen (secondary N) is 1. The van der Waals surface area contributed by atoms with Crippen LogP contribution < -0.4 is 10.1 Å². The average molecular weight is 351 g/mol. The first-order valence-electron chi connectivity index (χ1n) is 8.50. The Hall–Kier alpha value is -3.22. The number of carbonyl (C=O) groups is 1. The minimum absolute atomic E-state index is 0.0402. The first-order chi connectivity index (χ1) is 12.7. The molecule has 7 heteroatoms.